The third-order valence-corrected chi connectivity index (χ3v) is 6.29. The SMILES string of the molecule is Cc1ccc(C(=O)OC(C)(C)C)cc1-c1ccc(C2CC23CCNCC3)cc1. The van der Waals surface area contributed by atoms with Crippen LogP contribution in [-0.2, 0) is 4.74 Å². The topological polar surface area (TPSA) is 38.3 Å². The Morgan fingerprint density at radius 2 is 1.75 bits per heavy atom. The molecule has 1 atom stereocenters. The second-order valence-electron chi connectivity index (χ2n) is 9.52. The summed E-state index contributed by atoms with van der Waals surface area (Å²) in [7, 11) is 0. The molecule has 0 aromatic heterocycles. The van der Waals surface area contributed by atoms with Gasteiger partial charge in [0.25, 0.3) is 0 Å². The number of nitrogens with one attached hydrogen (secondary N) is 1. The molecule has 3 nitrogen and oxygen atoms in total. The summed E-state index contributed by atoms with van der Waals surface area (Å²) in [6.07, 6.45) is 3.94. The average Bonchev–Trinajstić information content (AvgIpc) is 3.34. The third-order valence-electron chi connectivity index (χ3n) is 6.29. The number of ether oxygens (including phenoxy) is 1. The van der Waals surface area contributed by atoms with Crippen LogP contribution in [-0.4, -0.2) is 24.7 Å². The molecule has 28 heavy (non-hydrogen) atoms. The van der Waals surface area contributed by atoms with Gasteiger partial charge in [-0.3, -0.25) is 0 Å². The molecule has 2 fully saturated rings. The molecule has 2 aromatic carbocycles. The number of carbonyl (C=O) groups is 1. The molecule has 1 spiro atoms. The maximum absolute atomic E-state index is 12.5. The van der Waals surface area contributed by atoms with Gasteiger partial charge in [0, 0.05) is 0 Å². The van der Waals surface area contributed by atoms with Gasteiger partial charge in [0.1, 0.15) is 5.60 Å². The highest BCUT2D eigenvalue weighted by Gasteiger charge is 2.54. The molecular formula is C25H31NO2. The molecule has 1 aliphatic heterocycles. The first-order valence-electron chi connectivity index (χ1n) is 10.4. The smallest absolute Gasteiger partial charge is 0.338 e. The molecule has 2 aliphatic rings. The van der Waals surface area contributed by atoms with Crippen molar-refractivity contribution in [1.82, 2.24) is 5.32 Å². The molecule has 1 saturated heterocycles. The van der Waals surface area contributed by atoms with Crippen LogP contribution in [0.5, 0.6) is 0 Å². The lowest BCUT2D eigenvalue weighted by Gasteiger charge is -2.23. The summed E-state index contributed by atoms with van der Waals surface area (Å²) in [5.74, 6) is 0.453. The molecule has 0 radical (unpaired) electrons. The first-order valence-corrected chi connectivity index (χ1v) is 10.4. The Labute approximate surface area is 168 Å². The number of esters is 1. The summed E-state index contributed by atoms with van der Waals surface area (Å²) in [6, 6.07) is 14.8. The molecular weight excluding hydrogens is 346 g/mol. The Kier molecular flexibility index (Phi) is 4.83. The molecule has 0 bridgehead atoms. The quantitative estimate of drug-likeness (QED) is 0.720. The molecule has 1 saturated carbocycles. The van der Waals surface area contributed by atoms with Gasteiger partial charge in [0.2, 0.25) is 0 Å². The molecule has 1 heterocycles. The molecule has 3 heteroatoms. The summed E-state index contributed by atoms with van der Waals surface area (Å²) >= 11 is 0. The van der Waals surface area contributed by atoms with Crippen molar-refractivity contribution in [3.63, 3.8) is 0 Å². The zero-order valence-corrected chi connectivity index (χ0v) is 17.5. The highest BCUT2D eigenvalue weighted by atomic mass is 16.6. The van der Waals surface area contributed by atoms with Gasteiger partial charge < -0.3 is 10.1 Å². The van der Waals surface area contributed by atoms with Gasteiger partial charge >= 0.3 is 5.97 Å². The fourth-order valence-electron chi connectivity index (χ4n) is 4.59. The van der Waals surface area contributed by atoms with E-state index in [1.54, 1.807) is 0 Å². The lowest BCUT2D eigenvalue weighted by molar-refractivity contribution is 0.00696. The van der Waals surface area contributed by atoms with Crippen LogP contribution in [0.25, 0.3) is 11.1 Å². The summed E-state index contributed by atoms with van der Waals surface area (Å²) in [5, 5.41) is 3.48. The molecule has 1 N–H and O–H groups in total. The number of aryl methyl sites for hydroxylation is 1. The normalized spacial score (nSPS) is 20.8. The number of piperidine rings is 1. The Hall–Kier alpha value is -2.13. The van der Waals surface area contributed by atoms with Crippen molar-refractivity contribution < 1.29 is 9.53 Å². The summed E-state index contributed by atoms with van der Waals surface area (Å²) in [6.45, 7) is 10.1. The van der Waals surface area contributed by atoms with E-state index in [1.807, 2.05) is 39.0 Å². The highest BCUT2D eigenvalue weighted by molar-refractivity contribution is 5.91. The van der Waals surface area contributed by atoms with Crippen LogP contribution in [0.2, 0.25) is 0 Å². The van der Waals surface area contributed by atoms with E-state index in [0.29, 0.717) is 11.0 Å². The Morgan fingerprint density at radius 3 is 2.39 bits per heavy atom. The minimum atomic E-state index is -0.487. The minimum Gasteiger partial charge on any atom is -0.456 e. The van der Waals surface area contributed by atoms with E-state index in [1.165, 1.54) is 30.4 Å². The van der Waals surface area contributed by atoms with Crippen molar-refractivity contribution in [2.45, 2.75) is 58.5 Å². The van der Waals surface area contributed by atoms with Gasteiger partial charge in [-0.2, -0.15) is 0 Å². The first kappa shape index (κ1) is 19.2. The Bertz CT molecular complexity index is 870. The van der Waals surface area contributed by atoms with Gasteiger partial charge in [0.05, 0.1) is 5.56 Å². The standard InChI is InChI=1S/C25H31NO2/c1-17-5-6-20(23(27)28-24(2,3)4)15-21(17)18-7-9-19(10-8-18)22-16-25(22)11-13-26-14-12-25/h5-10,15,22,26H,11-14,16H2,1-4H3. The molecule has 4 rings (SSSR count). The fraction of sp³-hybridized carbons (Fsp3) is 0.480. The van der Waals surface area contributed by atoms with Crippen LogP contribution < -0.4 is 5.32 Å². The zero-order chi connectivity index (χ0) is 19.9. The zero-order valence-electron chi connectivity index (χ0n) is 17.5. The molecule has 1 aliphatic carbocycles. The molecule has 2 aromatic rings. The van der Waals surface area contributed by atoms with Crippen LogP contribution in [0, 0.1) is 12.3 Å². The van der Waals surface area contributed by atoms with Crippen molar-refractivity contribution in [2.75, 3.05) is 13.1 Å². The summed E-state index contributed by atoms with van der Waals surface area (Å²) in [5.41, 5.74) is 5.56. The van der Waals surface area contributed by atoms with Crippen molar-refractivity contribution in [2.24, 2.45) is 5.41 Å². The number of hydrogen-bond acceptors (Lipinski definition) is 3. The molecule has 1 unspecified atom stereocenters. The third kappa shape index (κ3) is 3.86. The van der Waals surface area contributed by atoms with Gasteiger partial charge in [-0.05, 0) is 106 Å². The predicted molar refractivity (Wildman–Crippen MR) is 114 cm³/mol. The van der Waals surface area contributed by atoms with Gasteiger partial charge in [-0.25, -0.2) is 4.79 Å². The fourth-order valence-corrected chi connectivity index (χ4v) is 4.59. The van der Waals surface area contributed by atoms with Crippen molar-refractivity contribution in [1.29, 1.82) is 0 Å². The lowest BCUT2D eigenvalue weighted by atomic mass is 9.89. The van der Waals surface area contributed by atoms with Gasteiger partial charge in [-0.1, -0.05) is 30.3 Å². The Balaban J connectivity index is 1.54. The van der Waals surface area contributed by atoms with E-state index in [2.05, 4.69) is 36.5 Å². The number of rotatable bonds is 3. The highest BCUT2D eigenvalue weighted by Crippen LogP contribution is 2.64. The molecule has 0 amide bonds. The van der Waals surface area contributed by atoms with Crippen LogP contribution in [0.1, 0.15) is 67.4 Å². The largest absolute Gasteiger partial charge is 0.456 e. The minimum absolute atomic E-state index is 0.267. The average molecular weight is 378 g/mol. The number of hydrogen-bond donors (Lipinski definition) is 1. The van der Waals surface area contributed by atoms with E-state index in [9.17, 15) is 4.79 Å². The van der Waals surface area contributed by atoms with Crippen LogP contribution in [0.3, 0.4) is 0 Å². The van der Waals surface area contributed by atoms with E-state index in [4.69, 9.17) is 4.74 Å². The second-order valence-corrected chi connectivity index (χ2v) is 9.52. The maximum Gasteiger partial charge on any atom is 0.338 e. The van der Waals surface area contributed by atoms with E-state index >= 15 is 0 Å². The second kappa shape index (κ2) is 7.04. The van der Waals surface area contributed by atoms with Gasteiger partial charge in [0.15, 0.2) is 0 Å². The van der Waals surface area contributed by atoms with E-state index in [0.717, 1.165) is 30.1 Å². The van der Waals surface area contributed by atoms with Crippen LogP contribution in [0.15, 0.2) is 42.5 Å². The first-order chi connectivity index (χ1) is 13.3. The number of carbonyl (C=O) groups excluding carboxylic acids is 1. The summed E-state index contributed by atoms with van der Waals surface area (Å²) < 4.78 is 5.53. The molecule has 148 valence electrons. The van der Waals surface area contributed by atoms with Crippen molar-refractivity contribution in [3.8, 4) is 11.1 Å². The number of benzene rings is 2. The monoisotopic (exact) mass is 377 g/mol. The predicted octanol–water partition coefficient (Wildman–Crippen LogP) is 5.47. The lowest BCUT2D eigenvalue weighted by Crippen LogP contribution is -2.29. The summed E-state index contributed by atoms with van der Waals surface area (Å²) in [4.78, 5) is 12.5. The van der Waals surface area contributed by atoms with Crippen LogP contribution >= 0.6 is 0 Å². The van der Waals surface area contributed by atoms with Crippen LogP contribution in [0.4, 0.5) is 0 Å². The van der Waals surface area contributed by atoms with Gasteiger partial charge in [-0.15, -0.1) is 0 Å². The van der Waals surface area contributed by atoms with Crippen molar-refractivity contribution in [3.05, 3.63) is 59.2 Å². The Morgan fingerprint density at radius 1 is 1.07 bits per heavy atom. The maximum atomic E-state index is 12.5. The van der Waals surface area contributed by atoms with Crippen molar-refractivity contribution >= 4 is 5.97 Å². The van der Waals surface area contributed by atoms with E-state index < -0.39 is 5.60 Å². The van der Waals surface area contributed by atoms with E-state index in [-0.39, 0.29) is 5.97 Å².